The Morgan fingerprint density at radius 3 is 2.30 bits per heavy atom. The van der Waals surface area contributed by atoms with Crippen LogP contribution >= 0.6 is 11.6 Å². The second kappa shape index (κ2) is 14.3. The van der Waals surface area contributed by atoms with Crippen molar-refractivity contribution in [1.82, 2.24) is 14.5 Å². The second-order valence-corrected chi connectivity index (χ2v) is 10.1. The van der Waals surface area contributed by atoms with Crippen LogP contribution in [0, 0.1) is 5.82 Å². The van der Waals surface area contributed by atoms with Crippen molar-refractivity contribution in [3.63, 3.8) is 0 Å². The third kappa shape index (κ3) is 7.41. The molecule has 0 fully saturated rings. The van der Waals surface area contributed by atoms with Crippen LogP contribution in [0.4, 0.5) is 4.39 Å². The predicted octanol–water partition coefficient (Wildman–Crippen LogP) is 8.01. The van der Waals surface area contributed by atoms with E-state index in [1.165, 1.54) is 61.3 Å². The zero-order valence-electron chi connectivity index (χ0n) is 22.3. The fourth-order valence-electron chi connectivity index (χ4n) is 4.81. The lowest BCUT2D eigenvalue weighted by Gasteiger charge is -2.29. The molecule has 5 nitrogen and oxygen atoms in total. The molecule has 1 aromatic heterocycles. The minimum absolute atomic E-state index is 0.0286. The maximum Gasteiger partial charge on any atom is 0.266 e. The molecule has 1 unspecified atom stereocenters. The van der Waals surface area contributed by atoms with Crippen molar-refractivity contribution >= 4 is 28.4 Å². The summed E-state index contributed by atoms with van der Waals surface area (Å²) in [6.45, 7) is 4.20. The summed E-state index contributed by atoms with van der Waals surface area (Å²) < 4.78 is 15.4. The van der Waals surface area contributed by atoms with E-state index < -0.39 is 11.9 Å². The average molecular weight is 528 g/mol. The van der Waals surface area contributed by atoms with Crippen molar-refractivity contribution in [3.8, 4) is 5.69 Å². The molecule has 3 rings (SSSR count). The zero-order chi connectivity index (χ0) is 26.8. The van der Waals surface area contributed by atoms with Crippen molar-refractivity contribution in [2.75, 3.05) is 7.05 Å². The van der Waals surface area contributed by atoms with Gasteiger partial charge < -0.3 is 4.90 Å². The van der Waals surface area contributed by atoms with E-state index in [-0.39, 0.29) is 16.5 Å². The van der Waals surface area contributed by atoms with E-state index in [0.29, 0.717) is 35.3 Å². The summed E-state index contributed by atoms with van der Waals surface area (Å²) in [6, 6.07) is 10.9. The molecule has 200 valence electrons. The highest BCUT2D eigenvalue weighted by Gasteiger charge is 2.26. The van der Waals surface area contributed by atoms with Gasteiger partial charge in [-0.1, -0.05) is 88.9 Å². The molecule has 0 saturated heterocycles. The average Bonchev–Trinajstić information content (AvgIpc) is 2.90. The number of unbranched alkanes of at least 4 members (excludes halogenated alkanes) is 8. The van der Waals surface area contributed by atoms with Gasteiger partial charge in [-0.05, 0) is 43.2 Å². The molecule has 3 aromatic rings. The summed E-state index contributed by atoms with van der Waals surface area (Å²) >= 11 is 6.06. The molecule has 0 N–H and O–H groups in total. The van der Waals surface area contributed by atoms with Crippen molar-refractivity contribution in [3.05, 3.63) is 69.5 Å². The number of fused-ring (bicyclic) bond motifs is 1. The van der Waals surface area contributed by atoms with E-state index in [0.717, 1.165) is 19.3 Å². The molecule has 0 aliphatic carbocycles. The number of hydrogen-bond donors (Lipinski definition) is 0. The Morgan fingerprint density at radius 2 is 1.65 bits per heavy atom. The first-order valence-corrected chi connectivity index (χ1v) is 14.0. The van der Waals surface area contributed by atoms with Crippen LogP contribution in [0.5, 0.6) is 0 Å². The molecule has 37 heavy (non-hydrogen) atoms. The molecule has 0 bridgehead atoms. The summed E-state index contributed by atoms with van der Waals surface area (Å²) in [6.07, 6.45) is 11.7. The topological polar surface area (TPSA) is 55.2 Å². The van der Waals surface area contributed by atoms with Gasteiger partial charge in [0.1, 0.15) is 11.6 Å². The van der Waals surface area contributed by atoms with E-state index in [1.54, 1.807) is 30.1 Å². The van der Waals surface area contributed by atoms with E-state index >= 15 is 0 Å². The van der Waals surface area contributed by atoms with Gasteiger partial charge in [0.15, 0.2) is 0 Å². The van der Waals surface area contributed by atoms with Crippen molar-refractivity contribution in [2.24, 2.45) is 0 Å². The fraction of sp³-hybridized carbons (Fsp3) is 0.500. The minimum Gasteiger partial charge on any atom is -0.336 e. The van der Waals surface area contributed by atoms with Gasteiger partial charge in [-0.15, -0.1) is 0 Å². The van der Waals surface area contributed by atoms with E-state index in [1.807, 2.05) is 13.0 Å². The van der Waals surface area contributed by atoms with Crippen molar-refractivity contribution in [1.29, 1.82) is 0 Å². The van der Waals surface area contributed by atoms with Crippen LogP contribution < -0.4 is 5.56 Å². The highest BCUT2D eigenvalue weighted by molar-refractivity contribution is 6.30. The van der Waals surface area contributed by atoms with Gasteiger partial charge in [-0.2, -0.15) is 0 Å². The molecule has 1 heterocycles. The van der Waals surface area contributed by atoms with Gasteiger partial charge in [0.2, 0.25) is 5.91 Å². The molecule has 0 saturated carbocycles. The molecule has 0 aliphatic heterocycles. The summed E-state index contributed by atoms with van der Waals surface area (Å²) in [5.74, 6) is -0.0910. The Balaban J connectivity index is 1.79. The Morgan fingerprint density at radius 1 is 1.00 bits per heavy atom. The Labute approximate surface area is 224 Å². The van der Waals surface area contributed by atoms with Gasteiger partial charge in [-0.3, -0.25) is 14.2 Å². The molecule has 7 heteroatoms. The number of nitrogens with zero attached hydrogens (tertiary/aromatic N) is 3. The number of halogens is 2. The summed E-state index contributed by atoms with van der Waals surface area (Å²) in [4.78, 5) is 33.3. The van der Waals surface area contributed by atoms with Crippen LogP contribution in [0.2, 0.25) is 5.02 Å². The van der Waals surface area contributed by atoms with Crippen molar-refractivity contribution < 1.29 is 9.18 Å². The van der Waals surface area contributed by atoms with Gasteiger partial charge in [0, 0.05) is 13.5 Å². The standard InChI is InChI=1S/C30H39ClFN3O2/c1-4-6-7-8-9-10-11-12-13-18-28(36)34(3)27(5-2)29-33-26-17-15-14-16-23(26)30(37)35(29)22-19-20-25(32)24(31)21-22/h14-17,19-21,27H,4-13,18H2,1-3H3. The van der Waals surface area contributed by atoms with E-state index in [9.17, 15) is 14.0 Å². The molecule has 1 atom stereocenters. The third-order valence-corrected chi connectivity index (χ3v) is 7.29. The second-order valence-electron chi connectivity index (χ2n) is 9.73. The molecule has 0 radical (unpaired) electrons. The fourth-order valence-corrected chi connectivity index (χ4v) is 4.99. The van der Waals surface area contributed by atoms with Crippen LogP contribution in [-0.2, 0) is 4.79 Å². The normalized spacial score (nSPS) is 12.1. The smallest absolute Gasteiger partial charge is 0.266 e. The first-order chi connectivity index (χ1) is 17.9. The molecule has 0 spiro atoms. The van der Waals surface area contributed by atoms with Crippen LogP contribution in [0.1, 0.15) is 96.3 Å². The number of hydrogen-bond acceptors (Lipinski definition) is 3. The van der Waals surface area contributed by atoms with Gasteiger partial charge in [0.25, 0.3) is 5.56 Å². The van der Waals surface area contributed by atoms with Crippen LogP contribution in [0.3, 0.4) is 0 Å². The van der Waals surface area contributed by atoms with Gasteiger partial charge in [0.05, 0.1) is 27.7 Å². The predicted molar refractivity (Wildman–Crippen MR) is 150 cm³/mol. The number of carbonyl (C=O) groups is 1. The zero-order valence-corrected chi connectivity index (χ0v) is 23.1. The number of benzene rings is 2. The Hall–Kier alpha value is -2.73. The molecule has 2 aromatic carbocycles. The largest absolute Gasteiger partial charge is 0.336 e. The Bertz CT molecular complexity index is 1240. The van der Waals surface area contributed by atoms with Gasteiger partial charge in [-0.25, -0.2) is 9.37 Å². The summed E-state index contributed by atoms with van der Waals surface area (Å²) in [7, 11) is 1.77. The number of aromatic nitrogens is 2. The third-order valence-electron chi connectivity index (χ3n) is 7.00. The molecule has 1 amide bonds. The summed E-state index contributed by atoms with van der Waals surface area (Å²) in [5, 5.41) is 0.372. The number of para-hydroxylation sites is 1. The highest BCUT2D eigenvalue weighted by Crippen LogP contribution is 2.27. The first-order valence-electron chi connectivity index (χ1n) is 13.6. The first kappa shape index (κ1) is 28.8. The molecule has 0 aliphatic rings. The maximum atomic E-state index is 13.9. The highest BCUT2D eigenvalue weighted by atomic mass is 35.5. The summed E-state index contributed by atoms with van der Waals surface area (Å²) in [5.41, 5.74) is 0.703. The van der Waals surface area contributed by atoms with Crippen LogP contribution in [-0.4, -0.2) is 27.4 Å². The van der Waals surface area contributed by atoms with Gasteiger partial charge >= 0.3 is 0 Å². The van der Waals surface area contributed by atoms with Crippen molar-refractivity contribution in [2.45, 2.75) is 90.5 Å². The lowest BCUT2D eigenvalue weighted by atomic mass is 10.1. The molecular weight excluding hydrogens is 489 g/mol. The maximum absolute atomic E-state index is 13.9. The number of amides is 1. The Kier molecular flexibility index (Phi) is 11.1. The SMILES string of the molecule is CCCCCCCCCCCC(=O)N(C)C(CC)c1nc2ccccc2c(=O)n1-c1ccc(F)c(Cl)c1. The lowest BCUT2D eigenvalue weighted by molar-refractivity contribution is -0.132. The number of carbonyl (C=O) groups excluding carboxylic acids is 1. The van der Waals surface area contributed by atoms with Crippen LogP contribution in [0.25, 0.3) is 16.6 Å². The number of rotatable bonds is 14. The van der Waals surface area contributed by atoms with Crippen LogP contribution in [0.15, 0.2) is 47.3 Å². The minimum atomic E-state index is -0.561. The monoisotopic (exact) mass is 527 g/mol. The van der Waals surface area contributed by atoms with E-state index in [4.69, 9.17) is 16.6 Å². The molecular formula is C30H39ClFN3O2. The van der Waals surface area contributed by atoms with E-state index in [2.05, 4.69) is 6.92 Å². The quantitative estimate of drug-likeness (QED) is 0.199. The lowest BCUT2D eigenvalue weighted by Crippen LogP contribution is -2.36.